The average molecular weight is 414 g/mol. The summed E-state index contributed by atoms with van der Waals surface area (Å²) in [5, 5.41) is 0. The van der Waals surface area contributed by atoms with Crippen molar-refractivity contribution >= 4 is 28.2 Å². The molecule has 0 radical (unpaired) electrons. The minimum absolute atomic E-state index is 0. The fourth-order valence-electron chi connectivity index (χ4n) is 0. The Morgan fingerprint density at radius 2 is 1.20 bits per heavy atom. The predicted octanol–water partition coefficient (Wildman–Crippen LogP) is -1.31. The van der Waals surface area contributed by atoms with Gasteiger partial charge < -0.3 is 24.0 Å². The van der Waals surface area contributed by atoms with Crippen molar-refractivity contribution in [1.29, 1.82) is 0 Å². The van der Waals surface area contributed by atoms with Crippen LogP contribution in [0.25, 0.3) is 0 Å². The van der Waals surface area contributed by atoms with Gasteiger partial charge in [-0.3, -0.25) is 0 Å². The van der Waals surface area contributed by atoms with Gasteiger partial charge in [-0.25, -0.2) is 0 Å². The van der Waals surface area contributed by atoms with Crippen molar-refractivity contribution in [1.82, 2.24) is 0 Å². The molecule has 5 heavy (non-hydrogen) atoms. The van der Waals surface area contributed by atoms with Crippen molar-refractivity contribution in [3.63, 3.8) is 0 Å². The molecule has 0 aromatic rings. The first kappa shape index (κ1) is 15.6. The van der Waals surface area contributed by atoms with Crippen molar-refractivity contribution in [2.75, 3.05) is 0 Å². The van der Waals surface area contributed by atoms with E-state index in [0.717, 1.165) is 0 Å². The van der Waals surface area contributed by atoms with Crippen LogP contribution < -0.4 is 24.0 Å². The molecule has 0 saturated heterocycles. The molecule has 0 aromatic carbocycles. The SMILES string of the molecule is [Br][Cu][Br].[Cu+].[I-]. The summed E-state index contributed by atoms with van der Waals surface area (Å²) < 4.78 is 0. The molecular formula is Br2Cu2I. The molecule has 0 heterocycles. The quantitative estimate of drug-likeness (QED) is 0.342. The number of hydrogen-bond acceptors (Lipinski definition) is 0. The van der Waals surface area contributed by atoms with Gasteiger partial charge in [0.1, 0.15) is 0 Å². The molecule has 0 N–H and O–H groups in total. The largest absolute Gasteiger partial charge is 1.00 e. The number of hydrogen-bond donors (Lipinski definition) is 0. The second-order valence-electron chi connectivity index (χ2n) is 0.0431. The third-order valence-corrected chi connectivity index (χ3v) is 0. The summed E-state index contributed by atoms with van der Waals surface area (Å²) in [6.07, 6.45) is 0. The minimum atomic E-state index is 0. The third-order valence-electron chi connectivity index (χ3n) is 0. The first-order chi connectivity index (χ1) is 1.41. The Morgan fingerprint density at radius 3 is 1.20 bits per heavy atom. The molecule has 0 atom stereocenters. The van der Waals surface area contributed by atoms with Crippen molar-refractivity contribution in [2.45, 2.75) is 0 Å². The van der Waals surface area contributed by atoms with Crippen LogP contribution >= 0.6 is 28.2 Å². The first-order valence-corrected chi connectivity index (χ1v) is 4.88. The molecule has 0 rings (SSSR count). The molecule has 0 bridgehead atoms. The van der Waals surface area contributed by atoms with Crippen molar-refractivity contribution in [3.8, 4) is 0 Å². The zero-order chi connectivity index (χ0) is 2.71. The fraction of sp³-hybridized carbons (Fsp3) is 0. The van der Waals surface area contributed by atoms with Crippen LogP contribution in [-0.4, -0.2) is 0 Å². The van der Waals surface area contributed by atoms with Crippen LogP contribution in [0.5, 0.6) is 0 Å². The smallest absolute Gasteiger partial charge is 1.00 e. The normalized spacial score (nSPS) is 4.40. The second kappa shape index (κ2) is 15.9. The number of rotatable bonds is 0. The van der Waals surface area contributed by atoms with Crippen molar-refractivity contribution in [3.05, 3.63) is 0 Å². The monoisotopic (exact) mass is 411 g/mol. The first-order valence-electron chi connectivity index (χ1n) is 0.228. The summed E-state index contributed by atoms with van der Waals surface area (Å²) in [6, 6.07) is 0. The van der Waals surface area contributed by atoms with Gasteiger partial charge in [0, 0.05) is 0 Å². The molecule has 0 spiro atoms. The van der Waals surface area contributed by atoms with Gasteiger partial charge >= 0.3 is 56.6 Å². The maximum atomic E-state index is 2.97. The van der Waals surface area contributed by atoms with Crippen LogP contribution in [0, 0.1) is 0 Å². The fourth-order valence-corrected chi connectivity index (χ4v) is 0. The molecule has 43 valence electrons. The number of halogens is 3. The Labute approximate surface area is 79.3 Å². The molecule has 0 fully saturated rings. The molecule has 0 aromatic heterocycles. The van der Waals surface area contributed by atoms with E-state index in [1.165, 1.54) is 11.3 Å². The molecule has 0 unspecified atom stereocenters. The molecule has 0 aliphatic carbocycles. The van der Waals surface area contributed by atoms with Gasteiger partial charge in [0.15, 0.2) is 0 Å². The summed E-state index contributed by atoms with van der Waals surface area (Å²) in [7, 11) is 0. The Kier molecular flexibility index (Phi) is 49.7. The molecule has 5 heteroatoms. The van der Waals surface area contributed by atoms with Gasteiger partial charge in [0.25, 0.3) is 0 Å². The van der Waals surface area contributed by atoms with Gasteiger partial charge in [0.2, 0.25) is 0 Å². The van der Waals surface area contributed by atoms with Gasteiger partial charge in [-0.15, -0.1) is 0 Å². The zero-order valence-corrected chi connectivity index (χ0v) is 8.95. The van der Waals surface area contributed by atoms with Crippen LogP contribution in [-0.2, 0) is 28.4 Å². The molecule has 0 saturated carbocycles. The average Bonchev–Trinajstić information content (AvgIpc) is 0.918. The van der Waals surface area contributed by atoms with E-state index in [-0.39, 0.29) is 41.0 Å². The standard InChI is InChI=1S/2BrH.2Cu.HI/h2*1H;;;1H/q;;+1;+2;/p-3. The Balaban J connectivity index is -0.0000000200. The Bertz CT molecular complexity index is 7.61. The molecule has 0 aliphatic rings. The van der Waals surface area contributed by atoms with Crippen LogP contribution in [0.2, 0.25) is 0 Å². The van der Waals surface area contributed by atoms with Crippen LogP contribution in [0.1, 0.15) is 0 Å². The van der Waals surface area contributed by atoms with Crippen LogP contribution in [0.15, 0.2) is 0 Å². The van der Waals surface area contributed by atoms with E-state index in [1.54, 1.807) is 0 Å². The van der Waals surface area contributed by atoms with E-state index in [9.17, 15) is 0 Å². The minimum Gasteiger partial charge on any atom is -1.00 e. The topological polar surface area (TPSA) is 0 Å². The molecule has 0 aliphatic heterocycles. The van der Waals surface area contributed by atoms with Crippen molar-refractivity contribution in [2.24, 2.45) is 0 Å². The Morgan fingerprint density at radius 1 is 1.20 bits per heavy atom. The predicted molar refractivity (Wildman–Crippen MR) is 17.9 cm³/mol. The van der Waals surface area contributed by atoms with Crippen LogP contribution in [0.4, 0.5) is 0 Å². The maximum Gasteiger partial charge on any atom is 1.00 e. The summed E-state index contributed by atoms with van der Waals surface area (Å²) in [5.41, 5.74) is 0. The Hall–Kier alpha value is 2.73. The van der Waals surface area contributed by atoms with E-state index >= 15 is 0 Å². The van der Waals surface area contributed by atoms with E-state index in [1.807, 2.05) is 0 Å². The van der Waals surface area contributed by atoms with Gasteiger partial charge in [0.05, 0.1) is 0 Å². The second-order valence-corrected chi connectivity index (χ2v) is 4.80. The van der Waals surface area contributed by atoms with E-state index in [2.05, 4.69) is 28.2 Å². The maximum absolute atomic E-state index is 2.97. The van der Waals surface area contributed by atoms with E-state index in [0.29, 0.717) is 0 Å². The molecular weight excluding hydrogens is 414 g/mol. The summed E-state index contributed by atoms with van der Waals surface area (Å²) in [4.78, 5) is 0. The van der Waals surface area contributed by atoms with E-state index in [4.69, 9.17) is 0 Å². The summed E-state index contributed by atoms with van der Waals surface area (Å²) >= 11 is 7.38. The van der Waals surface area contributed by atoms with Crippen LogP contribution in [0.3, 0.4) is 0 Å². The third kappa shape index (κ3) is 20.2. The summed E-state index contributed by atoms with van der Waals surface area (Å²) in [5.74, 6) is 0. The molecule has 0 amide bonds. The van der Waals surface area contributed by atoms with E-state index < -0.39 is 0 Å². The van der Waals surface area contributed by atoms with Gasteiger partial charge in [-0.05, 0) is 0 Å². The van der Waals surface area contributed by atoms with Crippen molar-refractivity contribution < 1.29 is 52.4 Å². The summed E-state index contributed by atoms with van der Waals surface area (Å²) in [6.45, 7) is 0. The molecule has 0 nitrogen and oxygen atoms in total. The van der Waals surface area contributed by atoms with Gasteiger partial charge in [-0.2, -0.15) is 0 Å². The zero-order valence-electron chi connectivity index (χ0n) is 1.74. The van der Waals surface area contributed by atoms with Gasteiger partial charge in [-0.1, -0.05) is 0 Å².